The van der Waals surface area contributed by atoms with E-state index < -0.39 is 0 Å². The Kier molecular flexibility index (Phi) is 4.40. The Labute approximate surface area is 141 Å². The average molecular weight is 349 g/mol. The lowest BCUT2D eigenvalue weighted by molar-refractivity contribution is 0.0941. The quantitative estimate of drug-likeness (QED) is 0.778. The predicted molar refractivity (Wildman–Crippen MR) is 87.5 cm³/mol. The topological polar surface area (TPSA) is 80.9 Å². The summed E-state index contributed by atoms with van der Waals surface area (Å²) in [5.41, 5.74) is 3.11. The molecule has 0 fully saturated rings. The van der Waals surface area contributed by atoms with Crippen LogP contribution < -0.4 is 5.32 Å². The molecular weight excluding hydrogens is 336 g/mol. The highest BCUT2D eigenvalue weighted by Gasteiger charge is 2.19. The molecule has 1 N–H and O–H groups in total. The van der Waals surface area contributed by atoms with Gasteiger partial charge in [-0.3, -0.25) is 4.79 Å². The highest BCUT2D eigenvalue weighted by molar-refractivity contribution is 7.11. The van der Waals surface area contributed by atoms with E-state index in [0.717, 1.165) is 5.56 Å². The fourth-order valence-electron chi connectivity index (χ4n) is 1.97. The van der Waals surface area contributed by atoms with Crippen LogP contribution in [0.1, 0.15) is 34.2 Å². The predicted octanol–water partition coefficient (Wildman–Crippen LogP) is 3.65. The molecule has 3 aromatic rings. The lowest BCUT2D eigenvalue weighted by Gasteiger charge is -2.08. The van der Waals surface area contributed by atoms with Gasteiger partial charge in [0.15, 0.2) is 5.82 Å². The molecule has 0 saturated heterocycles. The van der Waals surface area contributed by atoms with E-state index in [2.05, 4.69) is 20.4 Å². The normalized spacial score (nSPS) is 12.1. The van der Waals surface area contributed by atoms with Gasteiger partial charge in [-0.05, 0) is 38.1 Å². The fourth-order valence-corrected chi connectivity index (χ4v) is 2.80. The van der Waals surface area contributed by atoms with Crippen LogP contribution in [-0.2, 0) is 0 Å². The van der Waals surface area contributed by atoms with Gasteiger partial charge in [0.25, 0.3) is 11.8 Å². The molecule has 0 saturated carbocycles. The molecule has 0 aliphatic carbocycles. The number of hydrogen-bond donors (Lipinski definition) is 1. The van der Waals surface area contributed by atoms with E-state index >= 15 is 0 Å². The molecule has 1 unspecified atom stereocenters. The Hall–Kier alpha value is -2.25. The first-order valence-corrected chi connectivity index (χ1v) is 8.11. The van der Waals surface area contributed by atoms with Gasteiger partial charge in [-0.15, -0.1) is 11.3 Å². The van der Waals surface area contributed by atoms with Crippen LogP contribution in [0.5, 0.6) is 0 Å². The van der Waals surface area contributed by atoms with Crippen LogP contribution in [-0.4, -0.2) is 21.0 Å². The third-order valence-electron chi connectivity index (χ3n) is 3.22. The second kappa shape index (κ2) is 6.47. The number of rotatable bonds is 4. The minimum Gasteiger partial charge on any atom is -0.341 e. The zero-order valence-electron chi connectivity index (χ0n) is 12.4. The third kappa shape index (κ3) is 3.40. The SMILES string of the molecule is Cc1ncsc1C(=O)NC(C)c1noc(-c2ccc(Cl)cc2)n1. The number of benzene rings is 1. The van der Waals surface area contributed by atoms with E-state index in [9.17, 15) is 4.79 Å². The van der Waals surface area contributed by atoms with Crippen molar-refractivity contribution in [2.45, 2.75) is 19.9 Å². The van der Waals surface area contributed by atoms with Crippen LogP contribution in [0.15, 0.2) is 34.3 Å². The van der Waals surface area contributed by atoms with Gasteiger partial charge < -0.3 is 9.84 Å². The highest BCUT2D eigenvalue weighted by Crippen LogP contribution is 2.21. The zero-order valence-corrected chi connectivity index (χ0v) is 14.0. The van der Waals surface area contributed by atoms with Gasteiger partial charge in [0, 0.05) is 10.6 Å². The Morgan fingerprint density at radius 1 is 1.35 bits per heavy atom. The van der Waals surface area contributed by atoms with Gasteiger partial charge in [0.05, 0.1) is 17.2 Å². The van der Waals surface area contributed by atoms with Crippen LogP contribution in [0.2, 0.25) is 5.02 Å². The van der Waals surface area contributed by atoms with Crippen LogP contribution >= 0.6 is 22.9 Å². The molecule has 118 valence electrons. The molecule has 1 atom stereocenters. The summed E-state index contributed by atoms with van der Waals surface area (Å²) >= 11 is 7.15. The standard InChI is InChI=1S/C15H13ClN4O2S/c1-8-12(23-7-17-8)14(21)18-9(2)13-19-15(22-20-13)10-3-5-11(16)6-4-10/h3-7,9H,1-2H3,(H,18,21). The first-order valence-electron chi connectivity index (χ1n) is 6.85. The van der Waals surface area contributed by atoms with Crippen molar-refractivity contribution >= 4 is 28.8 Å². The Bertz CT molecular complexity index is 828. The van der Waals surface area contributed by atoms with E-state index in [1.54, 1.807) is 43.6 Å². The van der Waals surface area contributed by atoms with Crippen molar-refractivity contribution in [1.82, 2.24) is 20.4 Å². The molecular formula is C15H13ClN4O2S. The number of amides is 1. The highest BCUT2D eigenvalue weighted by atomic mass is 35.5. The summed E-state index contributed by atoms with van der Waals surface area (Å²) < 4.78 is 5.24. The zero-order chi connectivity index (χ0) is 16.4. The number of carbonyl (C=O) groups is 1. The van der Waals surface area contributed by atoms with Gasteiger partial charge in [-0.2, -0.15) is 4.98 Å². The van der Waals surface area contributed by atoms with Crippen LogP contribution in [0, 0.1) is 6.92 Å². The molecule has 0 bridgehead atoms. The van der Waals surface area contributed by atoms with E-state index in [4.69, 9.17) is 16.1 Å². The first kappa shape index (κ1) is 15.6. The summed E-state index contributed by atoms with van der Waals surface area (Å²) in [6.45, 7) is 3.59. The summed E-state index contributed by atoms with van der Waals surface area (Å²) in [6.07, 6.45) is 0. The van der Waals surface area contributed by atoms with Crippen LogP contribution in [0.4, 0.5) is 0 Å². The second-order valence-corrected chi connectivity index (χ2v) is 6.22. The largest absolute Gasteiger partial charge is 0.341 e. The molecule has 23 heavy (non-hydrogen) atoms. The molecule has 0 aliphatic rings. The van der Waals surface area contributed by atoms with Gasteiger partial charge in [0.2, 0.25) is 0 Å². The number of thiazole rings is 1. The summed E-state index contributed by atoms with van der Waals surface area (Å²) in [5.74, 6) is 0.590. The fraction of sp³-hybridized carbons (Fsp3) is 0.200. The minimum atomic E-state index is -0.381. The number of nitrogens with one attached hydrogen (secondary N) is 1. The van der Waals surface area contributed by atoms with Crippen molar-refractivity contribution in [3.05, 3.63) is 51.2 Å². The molecule has 0 aliphatic heterocycles. The molecule has 1 amide bonds. The Morgan fingerprint density at radius 3 is 2.74 bits per heavy atom. The van der Waals surface area contributed by atoms with Gasteiger partial charge in [-0.25, -0.2) is 4.98 Å². The first-order chi connectivity index (χ1) is 11.0. The molecule has 2 heterocycles. The summed E-state index contributed by atoms with van der Waals surface area (Å²) in [4.78, 5) is 21.1. The molecule has 6 nitrogen and oxygen atoms in total. The number of hydrogen-bond acceptors (Lipinski definition) is 6. The van der Waals surface area contributed by atoms with Gasteiger partial charge >= 0.3 is 0 Å². The maximum atomic E-state index is 12.2. The van der Waals surface area contributed by atoms with Gasteiger partial charge in [-0.1, -0.05) is 16.8 Å². The lowest BCUT2D eigenvalue weighted by Crippen LogP contribution is -2.27. The van der Waals surface area contributed by atoms with Gasteiger partial charge in [0.1, 0.15) is 4.88 Å². The molecule has 8 heteroatoms. The van der Waals surface area contributed by atoms with Crippen molar-refractivity contribution in [1.29, 1.82) is 0 Å². The molecule has 1 aromatic carbocycles. The van der Waals surface area contributed by atoms with E-state index in [1.165, 1.54) is 11.3 Å². The molecule has 0 radical (unpaired) electrons. The van der Waals surface area contributed by atoms with E-state index in [0.29, 0.717) is 27.3 Å². The second-order valence-electron chi connectivity index (χ2n) is 4.93. The third-order valence-corrected chi connectivity index (χ3v) is 4.40. The van der Waals surface area contributed by atoms with Crippen molar-refractivity contribution in [2.75, 3.05) is 0 Å². The van der Waals surface area contributed by atoms with Crippen molar-refractivity contribution in [3.63, 3.8) is 0 Å². The Balaban J connectivity index is 1.73. The number of aromatic nitrogens is 3. The number of carbonyl (C=O) groups excluding carboxylic acids is 1. The van der Waals surface area contributed by atoms with Crippen molar-refractivity contribution < 1.29 is 9.32 Å². The van der Waals surface area contributed by atoms with Crippen LogP contribution in [0.25, 0.3) is 11.5 Å². The Morgan fingerprint density at radius 2 is 2.09 bits per heavy atom. The van der Waals surface area contributed by atoms with Crippen molar-refractivity contribution in [3.8, 4) is 11.5 Å². The maximum absolute atomic E-state index is 12.2. The molecule has 2 aromatic heterocycles. The summed E-state index contributed by atoms with van der Waals surface area (Å²) in [6, 6.07) is 6.71. The minimum absolute atomic E-state index is 0.199. The monoisotopic (exact) mass is 348 g/mol. The summed E-state index contributed by atoms with van der Waals surface area (Å²) in [5, 5.41) is 7.40. The molecule has 3 rings (SSSR count). The summed E-state index contributed by atoms with van der Waals surface area (Å²) in [7, 11) is 0. The maximum Gasteiger partial charge on any atom is 0.263 e. The van der Waals surface area contributed by atoms with E-state index in [1.807, 2.05) is 0 Å². The number of aryl methyl sites for hydroxylation is 1. The van der Waals surface area contributed by atoms with E-state index in [-0.39, 0.29) is 11.9 Å². The average Bonchev–Trinajstić information content (AvgIpc) is 3.17. The number of nitrogens with zero attached hydrogens (tertiary/aromatic N) is 3. The lowest BCUT2D eigenvalue weighted by atomic mass is 10.2. The number of halogens is 1. The van der Waals surface area contributed by atoms with Crippen LogP contribution in [0.3, 0.4) is 0 Å². The molecule has 0 spiro atoms. The smallest absolute Gasteiger partial charge is 0.263 e. The van der Waals surface area contributed by atoms with Crippen molar-refractivity contribution in [2.24, 2.45) is 0 Å².